The first-order valence-electron chi connectivity index (χ1n) is 9.07. The lowest BCUT2D eigenvalue weighted by Crippen LogP contribution is -2.22. The zero-order valence-corrected chi connectivity index (χ0v) is 16.3. The van der Waals surface area contributed by atoms with Crippen LogP contribution in [-0.2, 0) is 9.59 Å². The van der Waals surface area contributed by atoms with Gasteiger partial charge in [0.05, 0.1) is 31.1 Å². The number of hydrogen-bond acceptors (Lipinski definition) is 8. The van der Waals surface area contributed by atoms with Gasteiger partial charge in [0.2, 0.25) is 11.6 Å². The Labute approximate surface area is 172 Å². The van der Waals surface area contributed by atoms with Crippen LogP contribution in [0.15, 0.2) is 72.3 Å². The van der Waals surface area contributed by atoms with Crippen LogP contribution < -0.4 is 20.1 Å². The zero-order chi connectivity index (χ0) is 21.1. The second-order valence-corrected chi connectivity index (χ2v) is 6.41. The van der Waals surface area contributed by atoms with Crippen molar-refractivity contribution in [3.05, 3.63) is 72.3 Å². The molecule has 150 valence electrons. The molecule has 0 saturated carbocycles. The van der Waals surface area contributed by atoms with Crippen molar-refractivity contribution in [2.24, 2.45) is 0 Å². The first-order chi connectivity index (χ1) is 14.6. The van der Waals surface area contributed by atoms with Crippen molar-refractivity contribution in [1.29, 1.82) is 0 Å². The van der Waals surface area contributed by atoms with Gasteiger partial charge in [0.25, 0.3) is 0 Å². The van der Waals surface area contributed by atoms with Crippen LogP contribution in [0.5, 0.6) is 11.5 Å². The van der Waals surface area contributed by atoms with E-state index in [1.165, 1.54) is 32.7 Å². The van der Waals surface area contributed by atoms with E-state index >= 15 is 0 Å². The quantitative estimate of drug-likeness (QED) is 0.607. The number of anilines is 2. The van der Waals surface area contributed by atoms with Crippen molar-refractivity contribution in [1.82, 2.24) is 9.97 Å². The number of para-hydroxylation sites is 1. The number of nitrogens with zero attached hydrogens (tertiary/aromatic N) is 2. The number of carbonyl (C=O) groups excluding carboxylic acids is 2. The smallest absolute Gasteiger partial charge is 0.204 e. The van der Waals surface area contributed by atoms with Gasteiger partial charge >= 0.3 is 0 Å². The van der Waals surface area contributed by atoms with E-state index in [1.807, 2.05) is 30.3 Å². The molecule has 0 radical (unpaired) electrons. The van der Waals surface area contributed by atoms with Crippen molar-refractivity contribution in [3.63, 3.8) is 0 Å². The molecule has 4 rings (SSSR count). The molecule has 2 aromatic carbocycles. The third kappa shape index (κ3) is 3.70. The third-order valence-electron chi connectivity index (χ3n) is 4.53. The molecule has 1 heterocycles. The average Bonchev–Trinajstić information content (AvgIpc) is 2.77. The SMILES string of the molecule is COc1cc2ncnc(NC3=CC(=O)C(Nc4ccccc4)=CC3=O)c2cc1OC. The maximum Gasteiger partial charge on any atom is 0.204 e. The lowest BCUT2D eigenvalue weighted by Gasteiger charge is -2.16. The Morgan fingerprint density at radius 3 is 2.10 bits per heavy atom. The fourth-order valence-electron chi connectivity index (χ4n) is 3.04. The molecule has 1 aliphatic carbocycles. The van der Waals surface area contributed by atoms with Crippen LogP contribution >= 0.6 is 0 Å². The molecule has 8 heteroatoms. The molecule has 1 aliphatic rings. The largest absolute Gasteiger partial charge is 0.493 e. The van der Waals surface area contributed by atoms with Gasteiger partial charge in [-0.2, -0.15) is 0 Å². The number of ether oxygens (including phenoxy) is 2. The van der Waals surface area contributed by atoms with Gasteiger partial charge in [0, 0.05) is 29.3 Å². The Balaban J connectivity index is 1.62. The summed E-state index contributed by atoms with van der Waals surface area (Å²) in [4.78, 5) is 33.6. The van der Waals surface area contributed by atoms with Crippen LogP contribution in [0.25, 0.3) is 10.9 Å². The number of carbonyl (C=O) groups is 2. The minimum absolute atomic E-state index is 0.119. The number of allylic oxidation sites excluding steroid dienone is 2. The van der Waals surface area contributed by atoms with E-state index in [0.29, 0.717) is 28.2 Å². The Bertz CT molecular complexity index is 1200. The lowest BCUT2D eigenvalue weighted by molar-refractivity contribution is -0.115. The predicted molar refractivity (Wildman–Crippen MR) is 113 cm³/mol. The second-order valence-electron chi connectivity index (χ2n) is 6.41. The number of rotatable bonds is 6. The highest BCUT2D eigenvalue weighted by Gasteiger charge is 2.22. The van der Waals surface area contributed by atoms with Crippen molar-refractivity contribution < 1.29 is 19.1 Å². The first kappa shape index (κ1) is 19.1. The van der Waals surface area contributed by atoms with E-state index in [4.69, 9.17) is 9.47 Å². The standard InChI is InChI=1S/C22H18N4O4/c1-29-20-8-14-15(11-21(20)30-2)23-12-24-22(14)26-17-10-18(27)16(9-19(17)28)25-13-6-4-3-5-7-13/h3-12,25H,1-2H3,(H,23,24,26). The molecular formula is C22H18N4O4. The van der Waals surface area contributed by atoms with Crippen LogP contribution in [0.1, 0.15) is 0 Å². The van der Waals surface area contributed by atoms with Crippen LogP contribution in [0, 0.1) is 0 Å². The molecule has 0 atom stereocenters. The lowest BCUT2D eigenvalue weighted by atomic mass is 10.1. The topological polar surface area (TPSA) is 102 Å². The summed E-state index contributed by atoms with van der Waals surface area (Å²) in [6.45, 7) is 0. The van der Waals surface area contributed by atoms with Crippen molar-refractivity contribution >= 4 is 34.0 Å². The zero-order valence-electron chi connectivity index (χ0n) is 16.3. The van der Waals surface area contributed by atoms with Gasteiger partial charge in [-0.1, -0.05) is 18.2 Å². The van der Waals surface area contributed by atoms with Crippen molar-refractivity contribution in [3.8, 4) is 11.5 Å². The van der Waals surface area contributed by atoms with Gasteiger partial charge in [0.15, 0.2) is 11.5 Å². The van der Waals surface area contributed by atoms with Crippen LogP contribution in [-0.4, -0.2) is 35.8 Å². The summed E-state index contributed by atoms with van der Waals surface area (Å²) >= 11 is 0. The van der Waals surface area contributed by atoms with E-state index in [0.717, 1.165) is 5.69 Å². The highest BCUT2D eigenvalue weighted by atomic mass is 16.5. The molecule has 0 aliphatic heterocycles. The number of fused-ring (bicyclic) bond motifs is 1. The Hall–Kier alpha value is -4.20. The van der Waals surface area contributed by atoms with E-state index in [-0.39, 0.29) is 23.0 Å². The van der Waals surface area contributed by atoms with Gasteiger partial charge in [0.1, 0.15) is 12.1 Å². The normalized spacial score (nSPS) is 13.5. The summed E-state index contributed by atoms with van der Waals surface area (Å²) < 4.78 is 10.6. The maximum atomic E-state index is 12.6. The molecule has 0 bridgehead atoms. The molecular weight excluding hydrogens is 384 g/mol. The number of ketones is 2. The molecule has 30 heavy (non-hydrogen) atoms. The number of methoxy groups -OCH3 is 2. The van der Waals surface area contributed by atoms with Crippen molar-refractivity contribution in [2.45, 2.75) is 0 Å². The monoisotopic (exact) mass is 402 g/mol. The summed E-state index contributed by atoms with van der Waals surface area (Å²) in [5.74, 6) is 0.731. The molecule has 0 fully saturated rings. The number of aromatic nitrogens is 2. The fraction of sp³-hybridized carbons (Fsp3) is 0.0909. The highest BCUT2D eigenvalue weighted by Crippen LogP contribution is 2.34. The van der Waals surface area contributed by atoms with Gasteiger partial charge < -0.3 is 20.1 Å². The van der Waals surface area contributed by atoms with Gasteiger partial charge in [-0.25, -0.2) is 9.97 Å². The second kappa shape index (κ2) is 8.04. The summed E-state index contributed by atoms with van der Waals surface area (Å²) in [6, 6.07) is 12.6. The molecule has 8 nitrogen and oxygen atoms in total. The van der Waals surface area contributed by atoms with E-state index in [9.17, 15) is 9.59 Å². The van der Waals surface area contributed by atoms with E-state index in [1.54, 1.807) is 12.1 Å². The minimum atomic E-state index is -0.347. The van der Waals surface area contributed by atoms with Gasteiger partial charge in [-0.05, 0) is 18.2 Å². The maximum absolute atomic E-state index is 12.6. The van der Waals surface area contributed by atoms with Gasteiger partial charge in [-0.15, -0.1) is 0 Å². The summed E-state index contributed by atoms with van der Waals surface area (Å²) in [7, 11) is 3.06. The van der Waals surface area contributed by atoms with Crippen LogP contribution in [0.4, 0.5) is 11.5 Å². The van der Waals surface area contributed by atoms with E-state index in [2.05, 4.69) is 20.6 Å². The highest BCUT2D eigenvalue weighted by molar-refractivity contribution is 6.22. The number of benzene rings is 2. The Morgan fingerprint density at radius 2 is 1.43 bits per heavy atom. The molecule has 0 saturated heterocycles. The Kier molecular flexibility index (Phi) is 5.13. The predicted octanol–water partition coefficient (Wildman–Crippen LogP) is 3.09. The number of nitrogens with one attached hydrogen (secondary N) is 2. The third-order valence-corrected chi connectivity index (χ3v) is 4.53. The summed E-state index contributed by atoms with van der Waals surface area (Å²) in [5.41, 5.74) is 1.64. The average molecular weight is 402 g/mol. The van der Waals surface area contributed by atoms with Crippen molar-refractivity contribution in [2.75, 3.05) is 24.9 Å². The molecule has 0 amide bonds. The fourth-order valence-corrected chi connectivity index (χ4v) is 3.04. The first-order valence-corrected chi connectivity index (χ1v) is 9.07. The minimum Gasteiger partial charge on any atom is -0.493 e. The van der Waals surface area contributed by atoms with E-state index < -0.39 is 0 Å². The molecule has 0 spiro atoms. The molecule has 3 aromatic rings. The Morgan fingerprint density at radius 1 is 0.800 bits per heavy atom. The van der Waals surface area contributed by atoms with Gasteiger partial charge in [-0.3, -0.25) is 9.59 Å². The summed E-state index contributed by atoms with van der Waals surface area (Å²) in [6.07, 6.45) is 3.89. The molecule has 2 N–H and O–H groups in total. The van der Waals surface area contributed by atoms with Crippen LogP contribution in [0.2, 0.25) is 0 Å². The summed E-state index contributed by atoms with van der Waals surface area (Å²) in [5, 5.41) is 6.53. The molecule has 1 aromatic heterocycles. The number of hydrogen-bond donors (Lipinski definition) is 2. The van der Waals surface area contributed by atoms with Crippen LogP contribution in [0.3, 0.4) is 0 Å². The molecule has 0 unspecified atom stereocenters.